The second kappa shape index (κ2) is 5.81. The Balaban J connectivity index is 2.14. The first kappa shape index (κ1) is 13.5. The van der Waals surface area contributed by atoms with Gasteiger partial charge < -0.3 is 5.32 Å². The number of nitrogens with two attached hydrogens (primary N) is 1. The number of amides is 2. The number of hydrazone groups is 1. The van der Waals surface area contributed by atoms with Crippen LogP contribution >= 0.6 is 11.9 Å². The highest BCUT2D eigenvalue weighted by Crippen LogP contribution is 2.17. The van der Waals surface area contributed by atoms with Crippen LogP contribution in [-0.4, -0.2) is 21.8 Å². The van der Waals surface area contributed by atoms with Crippen molar-refractivity contribution in [3.05, 3.63) is 23.9 Å². The number of nitrogens with one attached hydrogen (secondary N) is 2. The minimum Gasteiger partial charge on any atom is -0.300 e. The van der Waals surface area contributed by atoms with Crippen molar-refractivity contribution in [2.75, 3.05) is 5.32 Å². The van der Waals surface area contributed by atoms with E-state index in [0.717, 1.165) is 11.3 Å². The Kier molecular flexibility index (Phi) is 4.13. The first-order valence-corrected chi connectivity index (χ1v) is 6.48. The van der Waals surface area contributed by atoms with E-state index in [4.69, 9.17) is 5.14 Å². The lowest BCUT2D eigenvalue weighted by molar-refractivity contribution is -0.121. The zero-order chi connectivity index (χ0) is 13.8. The number of hydrogen-bond donors (Lipinski definition) is 3. The summed E-state index contributed by atoms with van der Waals surface area (Å²) in [5.41, 5.74) is 4.04. The molecule has 0 bridgehead atoms. The van der Waals surface area contributed by atoms with Gasteiger partial charge in [-0.3, -0.25) is 14.7 Å². The zero-order valence-electron chi connectivity index (χ0n) is 10.2. The quantitative estimate of drug-likeness (QED) is 0.702. The molecule has 2 heterocycles. The topological polar surface area (TPSA) is 109 Å². The standard InChI is InChI=1S/C11H13N5O2S/c1-6-4-9(17)15-16-10(6)7-2-3-8(13-5-7)14-11(18)19-12/h2-3,5-6H,4,12H2,1H3,(H,15,17)(H,13,14,18). The van der Waals surface area contributed by atoms with Crippen molar-refractivity contribution >= 4 is 34.6 Å². The minimum absolute atomic E-state index is 0.0376. The monoisotopic (exact) mass is 279 g/mol. The maximum atomic E-state index is 11.2. The Morgan fingerprint density at radius 2 is 2.37 bits per heavy atom. The third-order valence-corrected chi connectivity index (χ3v) is 2.97. The van der Waals surface area contributed by atoms with Gasteiger partial charge in [0.1, 0.15) is 5.82 Å². The first-order chi connectivity index (χ1) is 9.10. The molecule has 2 amide bonds. The smallest absolute Gasteiger partial charge is 0.299 e. The van der Waals surface area contributed by atoms with Crippen LogP contribution in [0, 0.1) is 5.92 Å². The van der Waals surface area contributed by atoms with Gasteiger partial charge in [0.15, 0.2) is 0 Å². The molecule has 0 spiro atoms. The Morgan fingerprint density at radius 1 is 1.58 bits per heavy atom. The Morgan fingerprint density at radius 3 is 2.95 bits per heavy atom. The normalized spacial score (nSPS) is 18.5. The van der Waals surface area contributed by atoms with Crippen molar-refractivity contribution in [2.45, 2.75) is 13.3 Å². The molecule has 19 heavy (non-hydrogen) atoms. The van der Waals surface area contributed by atoms with E-state index >= 15 is 0 Å². The van der Waals surface area contributed by atoms with E-state index in [1.807, 2.05) is 6.92 Å². The molecular weight excluding hydrogens is 266 g/mol. The summed E-state index contributed by atoms with van der Waals surface area (Å²) in [4.78, 5) is 26.3. The minimum atomic E-state index is -0.379. The average molecular weight is 279 g/mol. The van der Waals surface area contributed by atoms with E-state index in [0.29, 0.717) is 24.2 Å². The molecule has 1 unspecified atom stereocenters. The fraction of sp³-hybridized carbons (Fsp3) is 0.273. The molecule has 0 radical (unpaired) electrons. The number of nitrogens with zero attached hydrogens (tertiary/aromatic N) is 2. The number of hydrogen-bond acceptors (Lipinski definition) is 6. The highest BCUT2D eigenvalue weighted by molar-refractivity contribution is 8.11. The van der Waals surface area contributed by atoms with E-state index in [9.17, 15) is 9.59 Å². The van der Waals surface area contributed by atoms with E-state index < -0.39 is 0 Å². The van der Waals surface area contributed by atoms with Gasteiger partial charge in [-0.15, -0.1) is 0 Å². The summed E-state index contributed by atoms with van der Waals surface area (Å²) in [7, 11) is 0. The van der Waals surface area contributed by atoms with Gasteiger partial charge in [-0.1, -0.05) is 6.92 Å². The number of rotatable bonds is 2. The molecule has 7 nitrogen and oxygen atoms in total. The van der Waals surface area contributed by atoms with Gasteiger partial charge in [0.2, 0.25) is 5.91 Å². The average Bonchev–Trinajstić information content (AvgIpc) is 2.40. The molecule has 1 aromatic rings. The first-order valence-electron chi connectivity index (χ1n) is 5.60. The van der Waals surface area contributed by atoms with Crippen LogP contribution in [0.4, 0.5) is 10.6 Å². The highest BCUT2D eigenvalue weighted by atomic mass is 32.2. The van der Waals surface area contributed by atoms with Crippen LogP contribution in [0.5, 0.6) is 0 Å². The molecule has 8 heteroatoms. The third-order valence-electron chi connectivity index (χ3n) is 2.66. The molecule has 0 aromatic carbocycles. The van der Waals surface area contributed by atoms with Gasteiger partial charge in [0.05, 0.1) is 5.71 Å². The summed E-state index contributed by atoms with van der Waals surface area (Å²) in [5.74, 6) is 0.364. The largest absolute Gasteiger partial charge is 0.300 e. The van der Waals surface area contributed by atoms with Crippen LogP contribution in [0.2, 0.25) is 0 Å². The molecule has 1 aromatic heterocycles. The fourth-order valence-electron chi connectivity index (χ4n) is 1.76. The Hall–Kier alpha value is -1.93. The van der Waals surface area contributed by atoms with Crippen molar-refractivity contribution in [1.29, 1.82) is 0 Å². The maximum Gasteiger partial charge on any atom is 0.299 e. The van der Waals surface area contributed by atoms with Crippen LogP contribution in [-0.2, 0) is 4.79 Å². The number of anilines is 1. The van der Waals surface area contributed by atoms with Crippen LogP contribution in [0.15, 0.2) is 23.4 Å². The van der Waals surface area contributed by atoms with Gasteiger partial charge in [0.25, 0.3) is 5.24 Å². The van der Waals surface area contributed by atoms with Gasteiger partial charge in [-0.2, -0.15) is 5.10 Å². The predicted molar refractivity (Wildman–Crippen MR) is 73.5 cm³/mol. The van der Waals surface area contributed by atoms with Crippen LogP contribution in [0.25, 0.3) is 0 Å². The SMILES string of the molecule is CC1CC(=O)NN=C1c1ccc(NC(=O)SN)nc1. The maximum absolute atomic E-state index is 11.2. The van der Waals surface area contributed by atoms with Crippen molar-refractivity contribution in [3.8, 4) is 0 Å². The lowest BCUT2D eigenvalue weighted by atomic mass is 9.95. The van der Waals surface area contributed by atoms with Crippen molar-refractivity contribution in [3.63, 3.8) is 0 Å². The molecule has 0 saturated carbocycles. The summed E-state index contributed by atoms with van der Waals surface area (Å²) >= 11 is 0.591. The van der Waals surface area contributed by atoms with Crippen molar-refractivity contribution < 1.29 is 9.59 Å². The molecular formula is C11H13N5O2S. The lowest BCUT2D eigenvalue weighted by Gasteiger charge is -2.18. The van der Waals surface area contributed by atoms with E-state index in [2.05, 4.69) is 20.8 Å². The Bertz CT molecular complexity index is 528. The fourth-order valence-corrected chi connectivity index (χ4v) is 1.92. The summed E-state index contributed by atoms with van der Waals surface area (Å²) in [6, 6.07) is 3.45. The van der Waals surface area contributed by atoms with Gasteiger partial charge in [-0.25, -0.2) is 10.4 Å². The Labute approximate surface area is 114 Å². The van der Waals surface area contributed by atoms with Gasteiger partial charge in [-0.05, 0) is 12.1 Å². The summed E-state index contributed by atoms with van der Waals surface area (Å²) in [6.45, 7) is 1.93. The zero-order valence-corrected chi connectivity index (χ0v) is 11.0. The van der Waals surface area contributed by atoms with Gasteiger partial charge >= 0.3 is 0 Å². The van der Waals surface area contributed by atoms with Crippen LogP contribution in [0.3, 0.4) is 0 Å². The van der Waals surface area contributed by atoms with E-state index in [1.54, 1.807) is 18.3 Å². The second-order valence-corrected chi connectivity index (χ2v) is 4.71. The number of aromatic nitrogens is 1. The van der Waals surface area contributed by atoms with E-state index in [-0.39, 0.29) is 17.1 Å². The molecule has 0 fully saturated rings. The number of carbonyl (C=O) groups excluding carboxylic acids is 2. The van der Waals surface area contributed by atoms with Crippen molar-refractivity contribution in [2.24, 2.45) is 16.2 Å². The number of pyridine rings is 1. The molecule has 1 aliphatic rings. The molecule has 1 atom stereocenters. The van der Waals surface area contributed by atoms with E-state index in [1.165, 1.54) is 0 Å². The summed E-state index contributed by atoms with van der Waals surface area (Å²) in [6.07, 6.45) is 2.00. The van der Waals surface area contributed by atoms with Crippen LogP contribution < -0.4 is 15.9 Å². The van der Waals surface area contributed by atoms with Crippen LogP contribution in [0.1, 0.15) is 18.9 Å². The molecule has 2 rings (SSSR count). The molecule has 4 N–H and O–H groups in total. The summed E-state index contributed by atoms with van der Waals surface area (Å²) in [5, 5.41) is 11.3. The molecule has 100 valence electrons. The van der Waals surface area contributed by atoms with Gasteiger partial charge in [0, 0.05) is 36.0 Å². The lowest BCUT2D eigenvalue weighted by Crippen LogP contribution is -2.32. The predicted octanol–water partition coefficient (Wildman–Crippen LogP) is 1.08. The summed E-state index contributed by atoms with van der Waals surface area (Å²) < 4.78 is 0. The molecule has 0 aliphatic carbocycles. The highest BCUT2D eigenvalue weighted by Gasteiger charge is 2.21. The molecule has 0 saturated heterocycles. The molecule has 1 aliphatic heterocycles. The second-order valence-electron chi connectivity index (χ2n) is 4.10. The van der Waals surface area contributed by atoms with Crippen molar-refractivity contribution in [1.82, 2.24) is 10.4 Å². The third kappa shape index (κ3) is 3.30. The number of carbonyl (C=O) groups is 2.